The van der Waals surface area contributed by atoms with Gasteiger partial charge in [-0.1, -0.05) is 42.5 Å². The van der Waals surface area contributed by atoms with Crippen molar-refractivity contribution in [3.8, 4) is 5.69 Å². The molecular weight excluding hydrogens is 440 g/mol. The van der Waals surface area contributed by atoms with E-state index >= 15 is 0 Å². The number of likely N-dealkylation sites (tertiary alicyclic amines) is 1. The molecule has 0 atom stereocenters. The first-order valence-corrected chi connectivity index (χ1v) is 12.2. The summed E-state index contributed by atoms with van der Waals surface area (Å²) in [6.45, 7) is 9.26. The quantitative estimate of drug-likeness (QED) is 0.550. The maximum atomic E-state index is 13.3. The van der Waals surface area contributed by atoms with Crippen molar-refractivity contribution in [2.24, 2.45) is 0 Å². The van der Waals surface area contributed by atoms with Gasteiger partial charge in [-0.05, 0) is 63.8 Å². The van der Waals surface area contributed by atoms with Crippen LogP contribution in [-0.2, 0) is 11.3 Å². The molecule has 1 saturated heterocycles. The summed E-state index contributed by atoms with van der Waals surface area (Å²) in [6, 6.07) is 18.0. The van der Waals surface area contributed by atoms with E-state index in [1.165, 1.54) is 0 Å². The number of piperidine rings is 1. The number of carbonyl (C=O) groups excluding carboxylic acids is 2. The number of hydrogen-bond acceptors (Lipinski definition) is 4. The molecule has 0 radical (unpaired) electrons. The minimum Gasteiger partial charge on any atom is -0.444 e. The number of nitrogens with one attached hydrogen (secondary N) is 1. The van der Waals surface area contributed by atoms with Crippen LogP contribution in [-0.4, -0.2) is 45.4 Å². The molecule has 0 aliphatic carbocycles. The molecule has 1 N–H and O–H groups in total. The van der Waals surface area contributed by atoms with Gasteiger partial charge in [0.1, 0.15) is 5.60 Å². The van der Waals surface area contributed by atoms with Crippen LogP contribution in [0, 0.1) is 6.92 Å². The Bertz CT molecular complexity index is 1170. The van der Waals surface area contributed by atoms with Gasteiger partial charge >= 0.3 is 6.09 Å². The lowest BCUT2D eigenvalue weighted by Crippen LogP contribution is -2.41. The molecule has 3 aromatic rings. The van der Waals surface area contributed by atoms with Crippen molar-refractivity contribution in [1.82, 2.24) is 20.0 Å². The molecule has 1 fully saturated rings. The Labute approximate surface area is 207 Å². The van der Waals surface area contributed by atoms with Gasteiger partial charge in [-0.3, -0.25) is 4.79 Å². The minimum atomic E-state index is -0.526. The Kier molecular flexibility index (Phi) is 7.24. The number of aryl methyl sites for hydroxylation is 1. The fourth-order valence-corrected chi connectivity index (χ4v) is 4.43. The molecule has 0 spiro atoms. The second kappa shape index (κ2) is 10.3. The standard InChI is InChI=1S/C28H34N4O3/c1-20-9-8-12-23(17-20)32-25(22-13-15-31(16-14-22)27(34)35-28(2,3)4)24(19-30-32)26(33)29-18-21-10-6-5-7-11-21/h5-12,17,19,22H,13-16,18H2,1-4H3,(H,29,33). The average Bonchev–Trinajstić information content (AvgIpc) is 3.27. The molecule has 0 bridgehead atoms. The first-order valence-electron chi connectivity index (χ1n) is 12.2. The van der Waals surface area contributed by atoms with E-state index in [4.69, 9.17) is 4.74 Å². The van der Waals surface area contributed by atoms with Gasteiger partial charge in [0.05, 0.1) is 23.1 Å². The van der Waals surface area contributed by atoms with Gasteiger partial charge in [0.15, 0.2) is 0 Å². The summed E-state index contributed by atoms with van der Waals surface area (Å²) in [5, 5.41) is 7.68. The van der Waals surface area contributed by atoms with Crippen LogP contribution in [0.4, 0.5) is 4.79 Å². The normalized spacial score (nSPS) is 14.6. The lowest BCUT2D eigenvalue weighted by molar-refractivity contribution is 0.0203. The second-order valence-electron chi connectivity index (χ2n) is 10.1. The number of aromatic nitrogens is 2. The van der Waals surface area contributed by atoms with Crippen LogP contribution < -0.4 is 5.32 Å². The van der Waals surface area contributed by atoms with E-state index in [1.807, 2.05) is 80.9 Å². The lowest BCUT2D eigenvalue weighted by atomic mass is 9.90. The molecule has 2 amide bonds. The monoisotopic (exact) mass is 474 g/mol. The molecule has 4 rings (SSSR count). The highest BCUT2D eigenvalue weighted by Gasteiger charge is 2.32. The van der Waals surface area contributed by atoms with Gasteiger partial charge in [-0.25, -0.2) is 9.48 Å². The number of rotatable bonds is 5. The third-order valence-electron chi connectivity index (χ3n) is 6.13. The Balaban J connectivity index is 1.57. The third kappa shape index (κ3) is 6.10. The largest absolute Gasteiger partial charge is 0.444 e. The number of nitrogens with zero attached hydrogens (tertiary/aromatic N) is 3. The molecule has 2 aromatic carbocycles. The van der Waals surface area contributed by atoms with Crippen LogP contribution in [0.3, 0.4) is 0 Å². The van der Waals surface area contributed by atoms with Crippen molar-refractivity contribution in [3.63, 3.8) is 0 Å². The number of ether oxygens (including phenoxy) is 1. The minimum absolute atomic E-state index is 0.0918. The van der Waals surface area contributed by atoms with E-state index in [-0.39, 0.29) is 17.9 Å². The van der Waals surface area contributed by atoms with Gasteiger partial charge in [-0.15, -0.1) is 0 Å². The maximum Gasteiger partial charge on any atom is 0.410 e. The van der Waals surface area contributed by atoms with Gasteiger partial charge in [0.25, 0.3) is 5.91 Å². The van der Waals surface area contributed by atoms with Crippen molar-refractivity contribution < 1.29 is 14.3 Å². The molecule has 2 heterocycles. The summed E-state index contributed by atoms with van der Waals surface area (Å²) >= 11 is 0. The summed E-state index contributed by atoms with van der Waals surface area (Å²) in [5.41, 5.74) is 4.04. The zero-order chi connectivity index (χ0) is 25.0. The number of amides is 2. The Morgan fingerprint density at radius 2 is 1.77 bits per heavy atom. The van der Waals surface area contributed by atoms with E-state index in [1.54, 1.807) is 11.1 Å². The maximum absolute atomic E-state index is 13.3. The highest BCUT2D eigenvalue weighted by atomic mass is 16.6. The zero-order valence-electron chi connectivity index (χ0n) is 21.0. The van der Waals surface area contributed by atoms with Crippen molar-refractivity contribution in [3.05, 3.63) is 83.2 Å². The molecule has 1 aromatic heterocycles. The van der Waals surface area contributed by atoms with Crippen LogP contribution in [0.15, 0.2) is 60.8 Å². The first kappa shape index (κ1) is 24.5. The van der Waals surface area contributed by atoms with Crippen LogP contribution in [0.1, 0.15) is 66.7 Å². The molecule has 7 nitrogen and oxygen atoms in total. The summed E-state index contributed by atoms with van der Waals surface area (Å²) in [7, 11) is 0. The Morgan fingerprint density at radius 1 is 1.06 bits per heavy atom. The van der Waals surface area contributed by atoms with Crippen molar-refractivity contribution in [2.45, 2.75) is 58.6 Å². The van der Waals surface area contributed by atoms with Crippen molar-refractivity contribution in [2.75, 3.05) is 13.1 Å². The predicted octanol–water partition coefficient (Wildman–Crippen LogP) is 5.23. The number of carbonyl (C=O) groups is 2. The lowest BCUT2D eigenvalue weighted by Gasteiger charge is -2.34. The SMILES string of the molecule is Cc1cccc(-n2ncc(C(=O)NCc3ccccc3)c2C2CCN(C(=O)OC(C)(C)C)CC2)c1. The fraction of sp³-hybridized carbons (Fsp3) is 0.393. The first-order chi connectivity index (χ1) is 16.7. The van der Waals surface area contributed by atoms with Gasteiger partial charge in [0.2, 0.25) is 0 Å². The van der Waals surface area contributed by atoms with E-state index in [0.29, 0.717) is 25.2 Å². The second-order valence-corrected chi connectivity index (χ2v) is 10.1. The predicted molar refractivity (Wildman–Crippen MR) is 136 cm³/mol. The third-order valence-corrected chi connectivity index (χ3v) is 6.13. The van der Waals surface area contributed by atoms with Gasteiger partial charge < -0.3 is 15.0 Å². The molecule has 0 saturated carbocycles. The molecule has 1 aliphatic rings. The Hall–Kier alpha value is -3.61. The highest BCUT2D eigenvalue weighted by Crippen LogP contribution is 2.33. The molecular formula is C28H34N4O3. The Morgan fingerprint density at radius 3 is 2.43 bits per heavy atom. The number of benzene rings is 2. The molecule has 184 valence electrons. The fourth-order valence-electron chi connectivity index (χ4n) is 4.43. The number of hydrogen-bond donors (Lipinski definition) is 1. The molecule has 35 heavy (non-hydrogen) atoms. The zero-order valence-corrected chi connectivity index (χ0v) is 21.0. The van der Waals surface area contributed by atoms with Crippen molar-refractivity contribution >= 4 is 12.0 Å². The van der Waals surface area contributed by atoms with Crippen molar-refractivity contribution in [1.29, 1.82) is 0 Å². The van der Waals surface area contributed by atoms with Gasteiger partial charge in [-0.2, -0.15) is 5.10 Å². The van der Waals surface area contributed by atoms with Crippen LogP contribution in [0.2, 0.25) is 0 Å². The van der Waals surface area contributed by atoms with E-state index in [0.717, 1.165) is 35.3 Å². The molecule has 7 heteroatoms. The molecule has 1 aliphatic heterocycles. The van der Waals surface area contributed by atoms with E-state index in [9.17, 15) is 9.59 Å². The summed E-state index contributed by atoms with van der Waals surface area (Å²) in [6.07, 6.45) is 2.84. The summed E-state index contributed by atoms with van der Waals surface area (Å²) < 4.78 is 7.44. The van der Waals surface area contributed by atoms with E-state index < -0.39 is 5.60 Å². The summed E-state index contributed by atoms with van der Waals surface area (Å²) in [4.78, 5) is 27.6. The molecule has 0 unspecified atom stereocenters. The van der Waals surface area contributed by atoms with Gasteiger partial charge in [0, 0.05) is 25.6 Å². The van der Waals surface area contributed by atoms with Crippen LogP contribution >= 0.6 is 0 Å². The topological polar surface area (TPSA) is 76.5 Å². The van der Waals surface area contributed by atoms with E-state index in [2.05, 4.69) is 16.5 Å². The smallest absolute Gasteiger partial charge is 0.410 e. The van der Waals surface area contributed by atoms with Crippen LogP contribution in [0.25, 0.3) is 5.69 Å². The van der Waals surface area contributed by atoms with Crippen LogP contribution in [0.5, 0.6) is 0 Å². The summed E-state index contributed by atoms with van der Waals surface area (Å²) in [5.74, 6) is -0.0495. The highest BCUT2D eigenvalue weighted by molar-refractivity contribution is 5.95. The average molecular weight is 475 g/mol.